The van der Waals surface area contributed by atoms with E-state index >= 15 is 0 Å². The molecule has 0 unspecified atom stereocenters. The first-order valence-electron chi connectivity index (χ1n) is 9.45. The zero-order valence-electron chi connectivity index (χ0n) is 16.5. The van der Waals surface area contributed by atoms with E-state index in [1.165, 1.54) is 17.3 Å². The second kappa shape index (κ2) is 8.96. The van der Waals surface area contributed by atoms with Gasteiger partial charge in [0, 0.05) is 13.1 Å². The summed E-state index contributed by atoms with van der Waals surface area (Å²) in [6, 6.07) is 18.4. The van der Waals surface area contributed by atoms with Crippen LogP contribution in [0.15, 0.2) is 66.0 Å². The number of hydrogen-bond acceptors (Lipinski definition) is 6. The van der Waals surface area contributed by atoms with Gasteiger partial charge in [0.2, 0.25) is 0 Å². The Balaban J connectivity index is 1.59. The molecule has 29 heavy (non-hydrogen) atoms. The summed E-state index contributed by atoms with van der Waals surface area (Å²) in [7, 11) is 1.70. The van der Waals surface area contributed by atoms with Crippen LogP contribution in [0.2, 0.25) is 0 Å². The van der Waals surface area contributed by atoms with Crippen molar-refractivity contribution in [1.82, 2.24) is 19.7 Å². The van der Waals surface area contributed by atoms with Crippen molar-refractivity contribution in [2.24, 2.45) is 0 Å². The number of benzene rings is 2. The lowest BCUT2D eigenvalue weighted by Gasteiger charge is -2.10. The van der Waals surface area contributed by atoms with Crippen molar-refractivity contribution in [2.75, 3.05) is 18.7 Å². The molecule has 0 saturated heterocycles. The van der Waals surface area contributed by atoms with Crippen molar-refractivity contribution >= 4 is 28.6 Å². The third-order valence-electron chi connectivity index (χ3n) is 4.75. The largest absolute Gasteiger partial charge is 0.496 e. The lowest BCUT2D eigenvalue weighted by molar-refractivity contribution is 0.408. The highest BCUT2D eigenvalue weighted by Gasteiger charge is 2.13. The van der Waals surface area contributed by atoms with Gasteiger partial charge in [-0.25, -0.2) is 14.6 Å². The van der Waals surface area contributed by atoms with E-state index in [-0.39, 0.29) is 0 Å². The average molecular weight is 406 g/mol. The Bertz CT molecular complexity index is 1100. The molecule has 0 radical (unpaired) electrons. The lowest BCUT2D eigenvalue weighted by Crippen LogP contribution is -2.07. The zero-order valence-corrected chi connectivity index (χ0v) is 17.3. The smallest absolute Gasteiger partial charge is 0.191 e. The Morgan fingerprint density at radius 2 is 1.83 bits per heavy atom. The number of aryl methyl sites for hydroxylation is 2. The molecule has 0 saturated carbocycles. The molecule has 0 spiro atoms. The van der Waals surface area contributed by atoms with Crippen LogP contribution in [0, 0.1) is 0 Å². The van der Waals surface area contributed by atoms with Gasteiger partial charge in [-0.2, -0.15) is 5.10 Å². The summed E-state index contributed by atoms with van der Waals surface area (Å²) in [6.45, 7) is 1.42. The normalized spacial score (nSPS) is 11.0. The highest BCUT2D eigenvalue weighted by molar-refractivity contribution is 7.98. The number of thioether (sulfide) groups is 1. The Hall–Kier alpha value is -3.06. The SMILES string of the molecule is COc1ccccc1CCn1ncc2c(NCc3ccccc3)nc(SC)nc21. The summed E-state index contributed by atoms with van der Waals surface area (Å²) in [6.07, 6.45) is 4.64. The third kappa shape index (κ3) is 4.35. The molecule has 148 valence electrons. The highest BCUT2D eigenvalue weighted by atomic mass is 32.2. The molecule has 7 heteroatoms. The number of nitrogens with one attached hydrogen (secondary N) is 1. The van der Waals surface area contributed by atoms with Gasteiger partial charge in [0.05, 0.1) is 18.7 Å². The second-order valence-electron chi connectivity index (χ2n) is 6.56. The summed E-state index contributed by atoms with van der Waals surface area (Å²) >= 11 is 1.53. The lowest BCUT2D eigenvalue weighted by atomic mass is 10.1. The van der Waals surface area contributed by atoms with Gasteiger partial charge in [-0.15, -0.1) is 0 Å². The summed E-state index contributed by atoms with van der Waals surface area (Å²) in [5, 5.41) is 9.69. The molecular weight excluding hydrogens is 382 g/mol. The van der Waals surface area contributed by atoms with Gasteiger partial charge < -0.3 is 10.1 Å². The molecule has 2 aromatic carbocycles. The van der Waals surface area contributed by atoms with Gasteiger partial charge in [0.25, 0.3) is 0 Å². The first-order chi connectivity index (χ1) is 14.3. The van der Waals surface area contributed by atoms with E-state index in [0.29, 0.717) is 13.1 Å². The maximum Gasteiger partial charge on any atom is 0.191 e. The van der Waals surface area contributed by atoms with Crippen LogP contribution in [0.1, 0.15) is 11.1 Å². The van der Waals surface area contributed by atoms with Gasteiger partial charge >= 0.3 is 0 Å². The second-order valence-corrected chi connectivity index (χ2v) is 7.34. The van der Waals surface area contributed by atoms with Crippen molar-refractivity contribution in [3.05, 3.63) is 71.9 Å². The first-order valence-corrected chi connectivity index (χ1v) is 10.7. The van der Waals surface area contributed by atoms with E-state index in [0.717, 1.165) is 39.7 Å². The molecule has 0 aliphatic rings. The van der Waals surface area contributed by atoms with Crippen LogP contribution in [0.4, 0.5) is 5.82 Å². The van der Waals surface area contributed by atoms with Crippen molar-refractivity contribution < 1.29 is 4.74 Å². The first kappa shape index (κ1) is 19.3. The van der Waals surface area contributed by atoms with E-state index in [1.54, 1.807) is 7.11 Å². The van der Waals surface area contributed by atoms with Crippen LogP contribution in [-0.2, 0) is 19.5 Å². The van der Waals surface area contributed by atoms with Crippen molar-refractivity contribution in [2.45, 2.75) is 24.7 Å². The van der Waals surface area contributed by atoms with Gasteiger partial charge in [0.15, 0.2) is 10.8 Å². The standard InChI is InChI=1S/C22H23N5OS/c1-28-19-11-7-6-10-17(19)12-13-27-21-18(15-24-27)20(25-22(26-21)29-2)23-14-16-8-4-3-5-9-16/h3-11,15H,12-14H2,1-2H3,(H,23,25,26). The minimum absolute atomic E-state index is 0.702. The predicted molar refractivity (Wildman–Crippen MR) is 118 cm³/mol. The van der Waals surface area contributed by atoms with Crippen molar-refractivity contribution in [1.29, 1.82) is 0 Å². The van der Waals surface area contributed by atoms with Gasteiger partial charge in [0.1, 0.15) is 11.6 Å². The van der Waals surface area contributed by atoms with Crippen LogP contribution in [0.5, 0.6) is 5.75 Å². The van der Waals surface area contributed by atoms with Crippen molar-refractivity contribution in [3.63, 3.8) is 0 Å². The van der Waals surface area contributed by atoms with E-state index < -0.39 is 0 Å². The number of ether oxygens (including phenoxy) is 1. The fraction of sp³-hybridized carbons (Fsp3) is 0.227. The molecule has 0 atom stereocenters. The van der Waals surface area contributed by atoms with Crippen molar-refractivity contribution in [3.8, 4) is 5.75 Å². The Labute approximate surface area is 174 Å². The monoisotopic (exact) mass is 405 g/mol. The minimum atomic E-state index is 0.702. The Morgan fingerprint density at radius 3 is 2.62 bits per heavy atom. The molecule has 0 amide bonds. The number of rotatable bonds is 8. The van der Waals surface area contributed by atoms with E-state index in [2.05, 4.69) is 33.6 Å². The quantitative estimate of drug-likeness (QED) is 0.346. The molecule has 0 aliphatic heterocycles. The molecule has 0 bridgehead atoms. The molecule has 1 N–H and O–H groups in total. The maximum absolute atomic E-state index is 5.46. The summed E-state index contributed by atoms with van der Waals surface area (Å²) in [5.74, 6) is 1.71. The van der Waals surface area contributed by atoms with Gasteiger partial charge in [-0.05, 0) is 29.9 Å². The predicted octanol–water partition coefficient (Wildman–Crippen LogP) is 4.41. The van der Waals surface area contributed by atoms with Crippen LogP contribution in [-0.4, -0.2) is 33.1 Å². The van der Waals surface area contributed by atoms with Crippen LogP contribution < -0.4 is 10.1 Å². The van der Waals surface area contributed by atoms with Gasteiger partial charge in [-0.3, -0.25) is 0 Å². The molecule has 4 aromatic rings. The van der Waals surface area contributed by atoms with E-state index in [4.69, 9.17) is 9.72 Å². The topological polar surface area (TPSA) is 64.9 Å². The molecular formula is C22H23N5OS. The highest BCUT2D eigenvalue weighted by Crippen LogP contribution is 2.25. The van der Waals surface area contributed by atoms with Gasteiger partial charge in [-0.1, -0.05) is 60.3 Å². The fourth-order valence-corrected chi connectivity index (χ4v) is 3.60. The van der Waals surface area contributed by atoms with Crippen LogP contribution in [0.3, 0.4) is 0 Å². The minimum Gasteiger partial charge on any atom is -0.496 e. The van der Waals surface area contributed by atoms with E-state index in [1.807, 2.05) is 53.5 Å². The Kier molecular flexibility index (Phi) is 5.95. The number of anilines is 1. The van der Waals surface area contributed by atoms with Crippen LogP contribution >= 0.6 is 11.8 Å². The van der Waals surface area contributed by atoms with Crippen LogP contribution in [0.25, 0.3) is 11.0 Å². The number of hydrogen-bond donors (Lipinski definition) is 1. The molecule has 2 aromatic heterocycles. The molecule has 6 nitrogen and oxygen atoms in total. The number of nitrogens with zero attached hydrogens (tertiary/aromatic N) is 4. The number of fused-ring (bicyclic) bond motifs is 1. The van der Waals surface area contributed by atoms with E-state index in [9.17, 15) is 0 Å². The zero-order chi connectivity index (χ0) is 20.1. The fourth-order valence-electron chi connectivity index (χ4n) is 3.24. The summed E-state index contributed by atoms with van der Waals surface area (Å²) in [5.41, 5.74) is 3.20. The number of aromatic nitrogens is 4. The third-order valence-corrected chi connectivity index (χ3v) is 5.29. The molecule has 2 heterocycles. The Morgan fingerprint density at radius 1 is 1.03 bits per heavy atom. The number of para-hydroxylation sites is 1. The summed E-state index contributed by atoms with van der Waals surface area (Å²) < 4.78 is 7.41. The maximum atomic E-state index is 5.46. The number of methoxy groups -OCH3 is 1. The molecule has 0 aliphatic carbocycles. The summed E-state index contributed by atoms with van der Waals surface area (Å²) in [4.78, 5) is 9.37. The molecule has 0 fully saturated rings. The molecule has 4 rings (SSSR count). The average Bonchev–Trinajstić information content (AvgIpc) is 3.19.